The number of hydrogen-bond acceptors (Lipinski definition) is 2. The van der Waals surface area contributed by atoms with Crippen LogP contribution in [0.3, 0.4) is 0 Å². The van der Waals surface area contributed by atoms with E-state index in [0.29, 0.717) is 0 Å². The highest BCUT2D eigenvalue weighted by Crippen LogP contribution is 2.08. The number of rotatable bonds is 8. The van der Waals surface area contributed by atoms with E-state index in [2.05, 4.69) is 75.3 Å². The summed E-state index contributed by atoms with van der Waals surface area (Å²) >= 11 is 0. The molecule has 0 fully saturated rings. The first-order valence-corrected chi connectivity index (χ1v) is 9.42. The molecule has 28 heavy (non-hydrogen) atoms. The van der Waals surface area contributed by atoms with E-state index >= 15 is 0 Å². The molecular formula is C22H28IN5. The van der Waals surface area contributed by atoms with Crippen LogP contribution < -0.4 is 10.6 Å². The van der Waals surface area contributed by atoms with E-state index in [0.717, 1.165) is 44.0 Å². The van der Waals surface area contributed by atoms with Crippen molar-refractivity contribution in [3.8, 4) is 5.69 Å². The summed E-state index contributed by atoms with van der Waals surface area (Å²) in [6.07, 6.45) is 6.84. The van der Waals surface area contributed by atoms with Crippen molar-refractivity contribution in [2.75, 3.05) is 20.1 Å². The van der Waals surface area contributed by atoms with Crippen LogP contribution in [0.2, 0.25) is 0 Å². The van der Waals surface area contributed by atoms with Gasteiger partial charge in [0.1, 0.15) is 0 Å². The molecule has 1 heterocycles. The number of hydrogen-bond donors (Lipinski definition) is 2. The number of aliphatic imine (C=N–C) groups is 1. The van der Waals surface area contributed by atoms with Crippen LogP contribution in [0.15, 0.2) is 78.0 Å². The van der Waals surface area contributed by atoms with E-state index in [4.69, 9.17) is 0 Å². The van der Waals surface area contributed by atoms with Crippen LogP contribution in [-0.4, -0.2) is 35.9 Å². The third-order valence-electron chi connectivity index (χ3n) is 4.41. The second kappa shape index (κ2) is 12.2. The molecule has 5 nitrogen and oxygen atoms in total. The molecule has 0 atom stereocenters. The minimum atomic E-state index is 0. The van der Waals surface area contributed by atoms with E-state index in [1.807, 2.05) is 24.0 Å². The molecule has 0 aliphatic rings. The second-order valence-corrected chi connectivity index (χ2v) is 6.38. The van der Waals surface area contributed by atoms with Crippen LogP contribution in [0.25, 0.3) is 5.69 Å². The van der Waals surface area contributed by atoms with Crippen molar-refractivity contribution >= 4 is 29.9 Å². The Morgan fingerprint density at radius 2 is 1.61 bits per heavy atom. The average molecular weight is 489 g/mol. The molecule has 6 heteroatoms. The van der Waals surface area contributed by atoms with Gasteiger partial charge >= 0.3 is 0 Å². The van der Waals surface area contributed by atoms with Crippen molar-refractivity contribution in [3.05, 3.63) is 84.2 Å². The molecule has 3 aromatic rings. The third-order valence-corrected chi connectivity index (χ3v) is 4.41. The van der Waals surface area contributed by atoms with Gasteiger partial charge in [-0.1, -0.05) is 42.5 Å². The molecule has 0 saturated heterocycles. The van der Waals surface area contributed by atoms with Gasteiger partial charge in [-0.3, -0.25) is 4.99 Å². The lowest BCUT2D eigenvalue weighted by Gasteiger charge is -2.12. The third kappa shape index (κ3) is 6.99. The van der Waals surface area contributed by atoms with Crippen LogP contribution in [0.5, 0.6) is 0 Å². The predicted octanol–water partition coefficient (Wildman–Crippen LogP) is 3.83. The maximum absolute atomic E-state index is 4.29. The number of aryl methyl sites for hydroxylation is 1. The average Bonchev–Trinajstić information content (AvgIpc) is 3.26. The van der Waals surface area contributed by atoms with Gasteiger partial charge in [0.25, 0.3) is 0 Å². The predicted molar refractivity (Wildman–Crippen MR) is 127 cm³/mol. The van der Waals surface area contributed by atoms with Crippen molar-refractivity contribution in [2.24, 2.45) is 4.99 Å². The Morgan fingerprint density at radius 3 is 2.29 bits per heavy atom. The topological polar surface area (TPSA) is 54.2 Å². The van der Waals surface area contributed by atoms with Gasteiger partial charge in [-0.15, -0.1) is 24.0 Å². The van der Waals surface area contributed by atoms with E-state index < -0.39 is 0 Å². The minimum absolute atomic E-state index is 0. The Hall–Kier alpha value is -2.35. The van der Waals surface area contributed by atoms with Gasteiger partial charge in [0.2, 0.25) is 0 Å². The summed E-state index contributed by atoms with van der Waals surface area (Å²) in [6.45, 7) is 1.76. The summed E-state index contributed by atoms with van der Waals surface area (Å²) in [4.78, 5) is 4.29. The lowest BCUT2D eigenvalue weighted by Crippen LogP contribution is -2.38. The Balaban J connectivity index is 0.00000280. The van der Waals surface area contributed by atoms with Crippen LogP contribution >= 0.6 is 24.0 Å². The minimum Gasteiger partial charge on any atom is -0.356 e. The summed E-state index contributed by atoms with van der Waals surface area (Å²) in [5.41, 5.74) is 3.74. The van der Waals surface area contributed by atoms with Crippen molar-refractivity contribution in [2.45, 2.75) is 19.3 Å². The molecule has 2 N–H and O–H groups in total. The second-order valence-electron chi connectivity index (χ2n) is 6.38. The van der Waals surface area contributed by atoms with Crippen LogP contribution in [0, 0.1) is 0 Å². The normalized spacial score (nSPS) is 11.0. The summed E-state index contributed by atoms with van der Waals surface area (Å²) in [5.74, 6) is 0.858. The fourth-order valence-corrected chi connectivity index (χ4v) is 2.93. The van der Waals surface area contributed by atoms with E-state index in [-0.39, 0.29) is 24.0 Å². The van der Waals surface area contributed by atoms with Crippen LogP contribution in [0.1, 0.15) is 17.5 Å². The lowest BCUT2D eigenvalue weighted by atomic mass is 10.1. The highest BCUT2D eigenvalue weighted by Gasteiger charge is 2.00. The maximum atomic E-state index is 4.29. The Bertz CT molecular complexity index is 814. The lowest BCUT2D eigenvalue weighted by molar-refractivity contribution is 0.739. The van der Waals surface area contributed by atoms with Gasteiger partial charge in [-0.05, 0) is 48.6 Å². The number of guanidine groups is 1. The largest absolute Gasteiger partial charge is 0.356 e. The van der Waals surface area contributed by atoms with Gasteiger partial charge in [-0.25, -0.2) is 4.68 Å². The number of benzene rings is 2. The molecule has 0 aliphatic heterocycles. The number of halogens is 1. The Labute approximate surface area is 184 Å². The number of nitrogens with one attached hydrogen (secondary N) is 2. The van der Waals surface area contributed by atoms with Gasteiger partial charge in [0, 0.05) is 32.5 Å². The van der Waals surface area contributed by atoms with Gasteiger partial charge in [0.15, 0.2) is 5.96 Å². The van der Waals surface area contributed by atoms with E-state index in [1.54, 1.807) is 6.20 Å². The highest BCUT2D eigenvalue weighted by atomic mass is 127. The van der Waals surface area contributed by atoms with Crippen molar-refractivity contribution in [3.63, 3.8) is 0 Å². The molecule has 0 radical (unpaired) electrons. The standard InChI is InChI=1S/C22H27N5.HI/c1-23-22(24-15-5-9-19-7-3-2-4-8-19)25-17-14-20-10-12-21(13-11-20)27-18-6-16-26-27;/h2-4,6-8,10-13,16,18H,5,9,14-15,17H2,1H3,(H2,23,24,25);1H. The van der Waals surface area contributed by atoms with Crippen LogP contribution in [0.4, 0.5) is 0 Å². The van der Waals surface area contributed by atoms with Crippen LogP contribution in [-0.2, 0) is 12.8 Å². The summed E-state index contributed by atoms with van der Waals surface area (Å²) in [5, 5.41) is 11.0. The monoisotopic (exact) mass is 489 g/mol. The fourth-order valence-electron chi connectivity index (χ4n) is 2.93. The van der Waals surface area contributed by atoms with Crippen molar-refractivity contribution in [1.29, 1.82) is 0 Å². The summed E-state index contributed by atoms with van der Waals surface area (Å²) in [7, 11) is 1.81. The molecule has 0 bridgehead atoms. The zero-order valence-electron chi connectivity index (χ0n) is 16.2. The SMILES string of the molecule is CN=C(NCCCc1ccccc1)NCCc1ccc(-n2cccn2)cc1.I. The Kier molecular flexibility index (Phi) is 9.54. The maximum Gasteiger partial charge on any atom is 0.190 e. The molecule has 148 valence electrons. The van der Waals surface area contributed by atoms with E-state index in [1.165, 1.54) is 11.1 Å². The van der Waals surface area contributed by atoms with Gasteiger partial charge < -0.3 is 10.6 Å². The number of nitrogens with zero attached hydrogens (tertiary/aromatic N) is 3. The molecule has 0 saturated carbocycles. The smallest absolute Gasteiger partial charge is 0.190 e. The summed E-state index contributed by atoms with van der Waals surface area (Å²) in [6, 6.07) is 21.0. The van der Waals surface area contributed by atoms with Gasteiger partial charge in [-0.2, -0.15) is 5.10 Å². The fraction of sp³-hybridized carbons (Fsp3) is 0.273. The molecule has 0 unspecified atom stereocenters. The zero-order valence-corrected chi connectivity index (χ0v) is 18.5. The Morgan fingerprint density at radius 1 is 0.893 bits per heavy atom. The number of aromatic nitrogens is 2. The van der Waals surface area contributed by atoms with Crippen molar-refractivity contribution in [1.82, 2.24) is 20.4 Å². The molecule has 1 aromatic heterocycles. The van der Waals surface area contributed by atoms with Crippen molar-refractivity contribution < 1.29 is 0 Å². The summed E-state index contributed by atoms with van der Waals surface area (Å²) < 4.78 is 1.86. The first kappa shape index (κ1) is 21.9. The first-order valence-electron chi connectivity index (χ1n) is 9.42. The molecular weight excluding hydrogens is 461 g/mol. The quantitative estimate of drug-likeness (QED) is 0.219. The molecule has 3 rings (SSSR count). The van der Waals surface area contributed by atoms with E-state index in [9.17, 15) is 0 Å². The molecule has 2 aromatic carbocycles. The first-order chi connectivity index (χ1) is 13.3. The van der Waals surface area contributed by atoms with Gasteiger partial charge in [0.05, 0.1) is 5.69 Å². The molecule has 0 amide bonds. The molecule has 0 aliphatic carbocycles. The molecule has 0 spiro atoms. The zero-order chi connectivity index (χ0) is 18.7. The highest BCUT2D eigenvalue weighted by molar-refractivity contribution is 14.0.